The van der Waals surface area contributed by atoms with Crippen LogP contribution in [-0.4, -0.2) is 48.9 Å². The zero-order valence-corrected chi connectivity index (χ0v) is 15.2. The van der Waals surface area contributed by atoms with Gasteiger partial charge in [0.15, 0.2) is 0 Å². The zero-order chi connectivity index (χ0) is 19.6. The lowest BCUT2D eigenvalue weighted by Gasteiger charge is -2.23. The first-order valence-corrected chi connectivity index (χ1v) is 8.77. The summed E-state index contributed by atoms with van der Waals surface area (Å²) in [6.45, 7) is 1.19. The largest absolute Gasteiger partial charge is 0.507 e. The van der Waals surface area contributed by atoms with E-state index < -0.39 is 23.5 Å². The molecule has 0 aliphatic carbocycles. The van der Waals surface area contributed by atoms with E-state index in [9.17, 15) is 19.1 Å². The van der Waals surface area contributed by atoms with Gasteiger partial charge in [-0.05, 0) is 36.4 Å². The molecule has 1 fully saturated rings. The number of amides is 1. The Balaban J connectivity index is 2.03. The van der Waals surface area contributed by atoms with Crippen molar-refractivity contribution in [1.82, 2.24) is 4.90 Å². The SMILES string of the molecule is C[NH+](C)CCCN1C(=O)C(=O)C(=C(O)c2ccc(F)cc2)C1c1ccco1. The molecule has 27 heavy (non-hydrogen) atoms. The Morgan fingerprint density at radius 1 is 1.22 bits per heavy atom. The number of Topliss-reactive ketones (excluding diaryl/α,β-unsaturated/α-hetero) is 1. The number of nitrogens with zero attached hydrogens (tertiary/aromatic N) is 1. The van der Waals surface area contributed by atoms with Gasteiger partial charge in [-0.25, -0.2) is 4.39 Å². The quantitative estimate of drug-likeness (QED) is 0.456. The van der Waals surface area contributed by atoms with E-state index >= 15 is 0 Å². The number of furan rings is 1. The number of carbonyl (C=O) groups is 2. The molecule has 1 aliphatic rings. The smallest absolute Gasteiger partial charge is 0.295 e. The number of quaternary nitrogens is 1. The summed E-state index contributed by atoms with van der Waals surface area (Å²) in [5, 5.41) is 10.7. The third-order valence-corrected chi connectivity index (χ3v) is 4.55. The first-order valence-electron chi connectivity index (χ1n) is 8.77. The molecule has 1 unspecified atom stereocenters. The van der Waals surface area contributed by atoms with Gasteiger partial charge in [-0.1, -0.05) is 0 Å². The van der Waals surface area contributed by atoms with Gasteiger partial charge in [0.25, 0.3) is 11.7 Å². The minimum Gasteiger partial charge on any atom is -0.507 e. The molecule has 0 radical (unpaired) electrons. The molecule has 2 N–H and O–H groups in total. The number of aliphatic hydroxyl groups excluding tert-OH is 1. The van der Waals surface area contributed by atoms with Crippen LogP contribution in [0.25, 0.3) is 5.76 Å². The second-order valence-electron chi connectivity index (χ2n) is 6.83. The molecular formula is C20H22FN2O4+. The van der Waals surface area contributed by atoms with Crippen molar-refractivity contribution >= 4 is 17.4 Å². The highest BCUT2D eigenvalue weighted by Gasteiger charge is 2.47. The van der Waals surface area contributed by atoms with Gasteiger partial charge in [0, 0.05) is 18.5 Å². The maximum atomic E-state index is 13.2. The molecule has 3 rings (SSSR count). The molecule has 1 aliphatic heterocycles. The van der Waals surface area contributed by atoms with E-state index in [1.165, 1.54) is 40.3 Å². The second-order valence-corrected chi connectivity index (χ2v) is 6.83. The summed E-state index contributed by atoms with van der Waals surface area (Å²) in [4.78, 5) is 27.9. The van der Waals surface area contributed by atoms with Crippen molar-refractivity contribution in [3.63, 3.8) is 0 Å². The first-order chi connectivity index (χ1) is 12.9. The van der Waals surface area contributed by atoms with Crippen LogP contribution >= 0.6 is 0 Å². The normalized spacial score (nSPS) is 19.3. The summed E-state index contributed by atoms with van der Waals surface area (Å²) in [6.07, 6.45) is 2.15. The zero-order valence-electron chi connectivity index (χ0n) is 15.2. The number of aliphatic hydroxyl groups is 1. The van der Waals surface area contributed by atoms with Crippen LogP contribution < -0.4 is 4.90 Å². The number of halogens is 1. The molecule has 142 valence electrons. The fourth-order valence-electron chi connectivity index (χ4n) is 3.22. The van der Waals surface area contributed by atoms with Crippen LogP contribution in [0.15, 0.2) is 52.7 Å². The van der Waals surface area contributed by atoms with Gasteiger partial charge >= 0.3 is 0 Å². The fourth-order valence-corrected chi connectivity index (χ4v) is 3.22. The standard InChI is InChI=1S/C20H21FN2O4/c1-22(2)10-4-11-23-17(15-5-3-12-27-15)16(19(25)20(23)26)18(24)13-6-8-14(21)9-7-13/h3,5-9,12,17,24H,4,10-11H2,1-2H3/p+1. The number of ketones is 1. The van der Waals surface area contributed by atoms with Crippen molar-refractivity contribution in [2.45, 2.75) is 12.5 Å². The van der Waals surface area contributed by atoms with Crippen molar-refractivity contribution in [1.29, 1.82) is 0 Å². The summed E-state index contributed by atoms with van der Waals surface area (Å²) >= 11 is 0. The lowest BCUT2D eigenvalue weighted by atomic mass is 9.99. The number of hydrogen-bond donors (Lipinski definition) is 2. The van der Waals surface area contributed by atoms with Gasteiger partial charge in [0.1, 0.15) is 23.4 Å². The number of rotatable bonds is 6. The molecular weight excluding hydrogens is 351 g/mol. The predicted octanol–water partition coefficient (Wildman–Crippen LogP) is 1.38. The monoisotopic (exact) mass is 373 g/mol. The maximum absolute atomic E-state index is 13.2. The third kappa shape index (κ3) is 3.78. The van der Waals surface area contributed by atoms with Crippen molar-refractivity contribution in [2.75, 3.05) is 27.2 Å². The van der Waals surface area contributed by atoms with Crippen LogP contribution in [0.4, 0.5) is 4.39 Å². The fraction of sp³-hybridized carbons (Fsp3) is 0.300. The average Bonchev–Trinajstić information content (AvgIpc) is 3.24. The van der Waals surface area contributed by atoms with Crippen LogP contribution in [0.2, 0.25) is 0 Å². The molecule has 1 saturated heterocycles. The average molecular weight is 373 g/mol. The van der Waals surface area contributed by atoms with Gasteiger partial charge < -0.3 is 19.3 Å². The van der Waals surface area contributed by atoms with Gasteiger partial charge in [-0.2, -0.15) is 0 Å². The number of likely N-dealkylation sites (tertiary alicyclic amines) is 1. The minimum absolute atomic E-state index is 0.0428. The summed E-state index contributed by atoms with van der Waals surface area (Å²) < 4.78 is 18.6. The molecule has 0 saturated carbocycles. The minimum atomic E-state index is -0.804. The first kappa shape index (κ1) is 18.8. The highest BCUT2D eigenvalue weighted by Crippen LogP contribution is 2.39. The van der Waals surface area contributed by atoms with E-state index in [1.807, 2.05) is 14.1 Å². The van der Waals surface area contributed by atoms with Gasteiger partial charge in [0.2, 0.25) is 0 Å². The summed E-state index contributed by atoms with van der Waals surface area (Å²) in [7, 11) is 4.01. The predicted molar refractivity (Wildman–Crippen MR) is 96.4 cm³/mol. The van der Waals surface area contributed by atoms with E-state index in [2.05, 4.69) is 0 Å². The second kappa shape index (κ2) is 7.75. The molecule has 1 atom stereocenters. The van der Waals surface area contributed by atoms with E-state index in [1.54, 1.807) is 12.1 Å². The van der Waals surface area contributed by atoms with Crippen molar-refractivity contribution in [3.05, 3.63) is 65.4 Å². The lowest BCUT2D eigenvalue weighted by molar-refractivity contribution is -0.858. The topological polar surface area (TPSA) is 75.2 Å². The van der Waals surface area contributed by atoms with Crippen LogP contribution in [0.5, 0.6) is 0 Å². The van der Waals surface area contributed by atoms with Crippen LogP contribution in [0, 0.1) is 5.82 Å². The molecule has 1 aromatic carbocycles. The molecule has 2 heterocycles. The van der Waals surface area contributed by atoms with Crippen molar-refractivity contribution in [2.24, 2.45) is 0 Å². The molecule has 7 heteroatoms. The van der Waals surface area contributed by atoms with E-state index in [4.69, 9.17) is 4.42 Å². The number of nitrogens with one attached hydrogen (secondary N) is 1. The molecule has 1 aromatic heterocycles. The molecule has 2 aromatic rings. The Hall–Kier alpha value is -2.93. The molecule has 1 amide bonds. The Bertz CT molecular complexity index is 857. The highest BCUT2D eigenvalue weighted by molar-refractivity contribution is 6.46. The van der Waals surface area contributed by atoms with Gasteiger partial charge in [-0.3, -0.25) is 9.59 Å². The van der Waals surface area contributed by atoms with E-state index in [0.717, 1.165) is 6.54 Å². The Morgan fingerprint density at radius 2 is 1.93 bits per heavy atom. The Labute approximate surface area is 156 Å². The molecule has 0 spiro atoms. The molecule has 0 bridgehead atoms. The summed E-state index contributed by atoms with van der Waals surface area (Å²) in [5.41, 5.74) is 0.224. The number of carbonyl (C=O) groups excluding carboxylic acids is 2. The maximum Gasteiger partial charge on any atom is 0.295 e. The number of hydrogen-bond acceptors (Lipinski definition) is 4. The van der Waals surface area contributed by atoms with Crippen LogP contribution in [0.3, 0.4) is 0 Å². The summed E-state index contributed by atoms with van der Waals surface area (Å²) in [6, 6.07) is 7.64. The van der Waals surface area contributed by atoms with Gasteiger partial charge in [0.05, 0.1) is 32.5 Å². The van der Waals surface area contributed by atoms with Crippen LogP contribution in [-0.2, 0) is 9.59 Å². The van der Waals surface area contributed by atoms with E-state index in [-0.39, 0.29) is 16.9 Å². The lowest BCUT2D eigenvalue weighted by Crippen LogP contribution is -3.05. The Kier molecular flexibility index (Phi) is 5.41. The number of benzene rings is 1. The van der Waals surface area contributed by atoms with Crippen LogP contribution in [0.1, 0.15) is 23.8 Å². The highest BCUT2D eigenvalue weighted by atomic mass is 19.1. The summed E-state index contributed by atoms with van der Waals surface area (Å²) in [5.74, 6) is -1.84. The third-order valence-electron chi connectivity index (χ3n) is 4.55. The van der Waals surface area contributed by atoms with Gasteiger partial charge in [-0.15, -0.1) is 0 Å². The Morgan fingerprint density at radius 3 is 2.52 bits per heavy atom. The van der Waals surface area contributed by atoms with E-state index in [0.29, 0.717) is 18.7 Å². The molecule has 6 nitrogen and oxygen atoms in total. The van der Waals surface area contributed by atoms with Crippen molar-refractivity contribution in [3.8, 4) is 0 Å². The van der Waals surface area contributed by atoms with Crippen molar-refractivity contribution < 1.29 is 28.4 Å².